The molecular formula is C12H14N2O3. The minimum Gasteiger partial charge on any atom is -0.465 e. The number of carbonyl (C=O) groups is 1. The van der Waals surface area contributed by atoms with E-state index in [4.69, 9.17) is 14.9 Å². The molecule has 1 heterocycles. The molecule has 2 aromatic rings. The number of esters is 1. The molecule has 90 valence electrons. The lowest BCUT2D eigenvalue weighted by Gasteiger charge is -2.10. The molecule has 0 fully saturated rings. The van der Waals surface area contributed by atoms with Gasteiger partial charge in [-0.15, -0.1) is 0 Å². The van der Waals surface area contributed by atoms with E-state index >= 15 is 0 Å². The zero-order valence-corrected chi connectivity index (χ0v) is 9.77. The Hall–Kier alpha value is -1.88. The summed E-state index contributed by atoms with van der Waals surface area (Å²) in [5.41, 5.74) is 7.84. The van der Waals surface area contributed by atoms with Crippen molar-refractivity contribution in [2.75, 3.05) is 6.61 Å². The van der Waals surface area contributed by atoms with Gasteiger partial charge in [-0.3, -0.25) is 0 Å². The number of aryl methyl sites for hydroxylation is 1. The van der Waals surface area contributed by atoms with Crippen LogP contribution >= 0.6 is 0 Å². The largest absolute Gasteiger partial charge is 0.465 e. The monoisotopic (exact) mass is 234 g/mol. The van der Waals surface area contributed by atoms with Gasteiger partial charge >= 0.3 is 5.97 Å². The predicted molar refractivity (Wildman–Crippen MR) is 62.3 cm³/mol. The Morgan fingerprint density at radius 3 is 3.06 bits per heavy atom. The Bertz CT molecular complexity index is 548. The van der Waals surface area contributed by atoms with Gasteiger partial charge in [0, 0.05) is 6.92 Å². The number of hydrogen-bond acceptors (Lipinski definition) is 5. The van der Waals surface area contributed by atoms with Crippen LogP contribution in [0.1, 0.15) is 24.4 Å². The van der Waals surface area contributed by atoms with Crippen molar-refractivity contribution >= 4 is 17.1 Å². The minimum absolute atomic E-state index is 0.317. The van der Waals surface area contributed by atoms with E-state index in [0.717, 1.165) is 0 Å². The van der Waals surface area contributed by atoms with Gasteiger partial charge < -0.3 is 14.9 Å². The van der Waals surface area contributed by atoms with E-state index in [9.17, 15) is 4.79 Å². The van der Waals surface area contributed by atoms with Gasteiger partial charge in [-0.2, -0.15) is 0 Å². The fourth-order valence-electron chi connectivity index (χ4n) is 1.62. The maximum atomic E-state index is 11.5. The first kappa shape index (κ1) is 11.6. The molecule has 5 nitrogen and oxygen atoms in total. The number of fused-ring (bicyclic) bond motifs is 1. The second-order valence-electron chi connectivity index (χ2n) is 3.69. The second kappa shape index (κ2) is 4.55. The first-order valence-electron chi connectivity index (χ1n) is 5.41. The fraction of sp³-hybridized carbons (Fsp3) is 0.333. The average Bonchev–Trinajstić information content (AvgIpc) is 2.67. The summed E-state index contributed by atoms with van der Waals surface area (Å²) in [5, 5.41) is 0. The maximum Gasteiger partial charge on any atom is 0.327 e. The third kappa shape index (κ3) is 2.29. The molecule has 5 heteroatoms. The number of ether oxygens (including phenoxy) is 1. The normalized spacial score (nSPS) is 12.6. The highest BCUT2D eigenvalue weighted by Gasteiger charge is 2.17. The second-order valence-corrected chi connectivity index (χ2v) is 3.69. The van der Waals surface area contributed by atoms with E-state index < -0.39 is 12.0 Å². The van der Waals surface area contributed by atoms with Crippen LogP contribution in [0.2, 0.25) is 0 Å². The number of carbonyl (C=O) groups excluding carboxylic acids is 1. The Morgan fingerprint density at radius 2 is 2.35 bits per heavy atom. The lowest BCUT2D eigenvalue weighted by Crippen LogP contribution is -2.23. The van der Waals surface area contributed by atoms with Crippen LogP contribution in [0, 0.1) is 6.92 Å². The zero-order valence-electron chi connectivity index (χ0n) is 9.77. The van der Waals surface area contributed by atoms with E-state index in [1.54, 1.807) is 32.0 Å². The van der Waals surface area contributed by atoms with Crippen LogP contribution in [0.4, 0.5) is 0 Å². The quantitative estimate of drug-likeness (QED) is 0.818. The lowest BCUT2D eigenvalue weighted by atomic mass is 10.1. The summed E-state index contributed by atoms with van der Waals surface area (Å²) in [5.74, 6) is 0.147. The van der Waals surface area contributed by atoms with E-state index in [2.05, 4.69) is 4.98 Å². The SMILES string of the molecule is CCOC(=O)C(N)c1ccc2oc(C)nc2c1. The summed E-state index contributed by atoms with van der Waals surface area (Å²) >= 11 is 0. The molecule has 2 rings (SSSR count). The molecule has 0 aliphatic heterocycles. The van der Waals surface area contributed by atoms with Crippen molar-refractivity contribution in [3.63, 3.8) is 0 Å². The van der Waals surface area contributed by atoms with Gasteiger partial charge in [0.25, 0.3) is 0 Å². The third-order valence-corrected chi connectivity index (χ3v) is 2.42. The molecule has 0 spiro atoms. The standard InChI is InChI=1S/C12H14N2O3/c1-3-16-12(15)11(13)8-4-5-10-9(6-8)14-7(2)17-10/h4-6,11H,3,13H2,1-2H3. The van der Waals surface area contributed by atoms with Crippen LogP contribution in [-0.4, -0.2) is 17.6 Å². The summed E-state index contributed by atoms with van der Waals surface area (Å²) in [6, 6.07) is 4.46. The fourth-order valence-corrected chi connectivity index (χ4v) is 1.62. The van der Waals surface area contributed by atoms with E-state index in [1.165, 1.54) is 0 Å². The molecule has 1 unspecified atom stereocenters. The third-order valence-electron chi connectivity index (χ3n) is 2.42. The zero-order chi connectivity index (χ0) is 12.4. The molecule has 0 aliphatic carbocycles. The van der Waals surface area contributed by atoms with E-state index in [-0.39, 0.29) is 0 Å². The summed E-state index contributed by atoms with van der Waals surface area (Å²) in [6.07, 6.45) is 0. The van der Waals surface area contributed by atoms with Gasteiger partial charge in [0.1, 0.15) is 11.6 Å². The summed E-state index contributed by atoms with van der Waals surface area (Å²) in [6.45, 7) is 3.83. The molecule has 0 saturated carbocycles. The topological polar surface area (TPSA) is 78.4 Å². The summed E-state index contributed by atoms with van der Waals surface area (Å²) < 4.78 is 10.2. The molecule has 1 atom stereocenters. The number of rotatable bonds is 3. The van der Waals surface area contributed by atoms with Crippen LogP contribution < -0.4 is 5.73 Å². The average molecular weight is 234 g/mol. The van der Waals surface area contributed by atoms with Crippen molar-refractivity contribution < 1.29 is 13.9 Å². The van der Waals surface area contributed by atoms with Crippen LogP contribution in [0.3, 0.4) is 0 Å². The number of nitrogens with zero attached hydrogens (tertiary/aromatic N) is 1. The van der Waals surface area contributed by atoms with Crippen LogP contribution in [0.5, 0.6) is 0 Å². The van der Waals surface area contributed by atoms with Crippen molar-refractivity contribution in [3.05, 3.63) is 29.7 Å². The van der Waals surface area contributed by atoms with Gasteiger partial charge in [-0.1, -0.05) is 6.07 Å². The molecule has 0 saturated heterocycles. The molecule has 2 N–H and O–H groups in total. The van der Waals surface area contributed by atoms with Crippen LogP contribution in [0.25, 0.3) is 11.1 Å². The van der Waals surface area contributed by atoms with E-state index in [1.807, 2.05) is 0 Å². The molecule has 0 bridgehead atoms. The summed E-state index contributed by atoms with van der Waals surface area (Å²) in [4.78, 5) is 15.7. The molecule has 1 aromatic heterocycles. The van der Waals surface area contributed by atoms with Gasteiger partial charge in [0.15, 0.2) is 11.5 Å². The number of nitrogens with two attached hydrogens (primary N) is 1. The Morgan fingerprint density at radius 1 is 1.59 bits per heavy atom. The highest BCUT2D eigenvalue weighted by atomic mass is 16.5. The molecule has 0 amide bonds. The Kier molecular flexibility index (Phi) is 3.10. The number of benzene rings is 1. The van der Waals surface area contributed by atoms with Gasteiger partial charge in [0.2, 0.25) is 0 Å². The number of aromatic nitrogens is 1. The van der Waals surface area contributed by atoms with Crippen molar-refractivity contribution in [2.24, 2.45) is 5.73 Å². The Labute approximate surface area is 98.6 Å². The smallest absolute Gasteiger partial charge is 0.327 e. The highest BCUT2D eigenvalue weighted by Crippen LogP contribution is 2.20. The van der Waals surface area contributed by atoms with Crippen molar-refractivity contribution in [1.29, 1.82) is 0 Å². The first-order valence-corrected chi connectivity index (χ1v) is 5.41. The number of hydrogen-bond donors (Lipinski definition) is 1. The molecule has 0 radical (unpaired) electrons. The van der Waals surface area contributed by atoms with Crippen molar-refractivity contribution in [3.8, 4) is 0 Å². The van der Waals surface area contributed by atoms with Crippen molar-refractivity contribution in [1.82, 2.24) is 4.98 Å². The molecule has 0 aliphatic rings. The van der Waals surface area contributed by atoms with Crippen LogP contribution in [-0.2, 0) is 9.53 Å². The Balaban J connectivity index is 2.32. The molecular weight excluding hydrogens is 220 g/mol. The molecule has 17 heavy (non-hydrogen) atoms. The molecule has 1 aromatic carbocycles. The lowest BCUT2D eigenvalue weighted by molar-refractivity contribution is -0.144. The maximum absolute atomic E-state index is 11.5. The van der Waals surface area contributed by atoms with Crippen molar-refractivity contribution in [2.45, 2.75) is 19.9 Å². The van der Waals surface area contributed by atoms with E-state index in [0.29, 0.717) is 29.2 Å². The predicted octanol–water partition coefficient (Wildman–Crippen LogP) is 1.70. The van der Waals surface area contributed by atoms with Gasteiger partial charge in [0.05, 0.1) is 6.61 Å². The van der Waals surface area contributed by atoms with Gasteiger partial charge in [-0.25, -0.2) is 9.78 Å². The van der Waals surface area contributed by atoms with Crippen LogP contribution in [0.15, 0.2) is 22.6 Å². The first-order chi connectivity index (χ1) is 8.11. The van der Waals surface area contributed by atoms with Gasteiger partial charge in [-0.05, 0) is 24.6 Å². The number of oxazole rings is 1. The minimum atomic E-state index is -0.781. The highest BCUT2D eigenvalue weighted by molar-refractivity contribution is 5.80. The summed E-state index contributed by atoms with van der Waals surface area (Å²) in [7, 11) is 0.